The van der Waals surface area contributed by atoms with E-state index >= 15 is 0 Å². The quantitative estimate of drug-likeness (QED) is 0.0231. The van der Waals surface area contributed by atoms with Gasteiger partial charge in [0.25, 0.3) is 0 Å². The molecule has 6 aromatic carbocycles. The Morgan fingerprint density at radius 3 is 1.38 bits per heavy atom. The normalized spacial score (nSPS) is 12.2. The smallest absolute Gasteiger partial charge is 0.336 e. The maximum absolute atomic E-state index is 12.9. The highest BCUT2D eigenvalue weighted by atomic mass is 32.2. The topological polar surface area (TPSA) is 383 Å². The van der Waals surface area contributed by atoms with Gasteiger partial charge in [0.1, 0.15) is 62.5 Å². The van der Waals surface area contributed by atoms with Gasteiger partial charge in [0.15, 0.2) is 66.0 Å². The first-order valence-electron chi connectivity index (χ1n) is 38.3. The van der Waals surface area contributed by atoms with E-state index in [-0.39, 0.29) is 70.7 Å². The molecule has 0 fully saturated rings. The molecule has 121 heavy (non-hydrogen) atoms. The van der Waals surface area contributed by atoms with Crippen LogP contribution in [0.15, 0.2) is 236 Å². The lowest BCUT2D eigenvalue weighted by Gasteiger charge is -2.30. The molecular formula is C89H74N12O16S4. The molecule has 0 saturated carbocycles. The Balaban J connectivity index is 0.000000172. The van der Waals surface area contributed by atoms with Crippen molar-refractivity contribution in [3.05, 3.63) is 226 Å². The van der Waals surface area contributed by atoms with E-state index in [9.17, 15) is 39.6 Å². The summed E-state index contributed by atoms with van der Waals surface area (Å²) in [6.45, 7) is 12.6. The number of phenols is 2. The molecule has 0 radical (unpaired) electrons. The van der Waals surface area contributed by atoms with Gasteiger partial charge < -0.3 is 98.1 Å². The third-order valence-electron chi connectivity index (χ3n) is 20.7. The predicted molar refractivity (Wildman–Crippen MR) is 469 cm³/mol. The molecule has 10 N–H and O–H groups in total. The monoisotopic (exact) mass is 1690 g/mol. The number of aromatic carboxylic acids is 2. The number of anilines is 4. The minimum atomic E-state index is -1.16. The molecule has 2 aliphatic carbocycles. The molecule has 6 aliphatic rings. The largest absolute Gasteiger partial charge is 0.508 e. The zero-order valence-corrected chi connectivity index (χ0v) is 68.5. The standard InChI is InChI=1S/C45H38N6O8S2.C44H36N6O8S2/c1-23(2)50(44(60)48-25-6-9-28(31(17-25)43(54)55)40-29-10-7-26(52)18-35(29)59-36-19-27(53)8-11-30(36)40)15-4-16-51-33-13-14-47-42(46)41(33)49-45(51)61-39-21-38-37(56-22-57-38)20-32(39)34-12-5-24(3)58-34;1-23(2)49(43(59)47-24-6-9-27(30(17-24)42(53)54)39-28-10-7-25(51)18-34(28)58-35-19-26(52)8-11-29(35)39)14-4-15-50-32-12-13-46-41(45)40(32)48-44(50)60-38-21-37-36(56-22-57-37)20-31(38)33-5-3-16-55-33/h5-14,17-21,23,52H,4,15-16,22H2,1-3H3,(H2,46,47)(H,48,60)(H,54,55);3,5-13,16-21,23,51H,4,14-15,22H2,1-2H3,(H2,45,46)(H,47,59)(H,53,54). The zero-order valence-electron chi connectivity index (χ0n) is 65.3. The number of aryl methyl sites for hydroxylation is 3. The Kier molecular flexibility index (Phi) is 21.7. The molecule has 10 heterocycles. The van der Waals surface area contributed by atoms with Crippen LogP contribution in [0.2, 0.25) is 0 Å². The fourth-order valence-electron chi connectivity index (χ4n) is 15.0. The lowest BCUT2D eigenvalue weighted by molar-refractivity contribution is 0.0687. The average Bonchev–Trinajstić information content (AvgIpc) is 1.71. The van der Waals surface area contributed by atoms with Gasteiger partial charge in [-0.1, -0.05) is 35.7 Å². The Morgan fingerprint density at radius 2 is 0.959 bits per heavy atom. The van der Waals surface area contributed by atoms with Gasteiger partial charge >= 0.3 is 11.9 Å². The summed E-state index contributed by atoms with van der Waals surface area (Å²) in [5.74, 6) is 3.51. The molecule has 12 aromatic rings. The lowest BCUT2D eigenvalue weighted by atomic mass is 9.90. The van der Waals surface area contributed by atoms with Gasteiger partial charge in [0.2, 0.25) is 13.6 Å². The van der Waals surface area contributed by atoms with Crippen LogP contribution in [0.5, 0.6) is 34.5 Å². The van der Waals surface area contributed by atoms with Crippen LogP contribution in [0.1, 0.15) is 67.0 Å². The van der Waals surface area contributed by atoms with Crippen LogP contribution in [-0.4, -0.2) is 120 Å². The number of hydrogen-bond acceptors (Lipinski definition) is 24. The number of ether oxygens (including phenoxy) is 4. The molecule has 0 unspecified atom stereocenters. The number of carboxylic acid groups (broad SMARTS) is 2. The van der Waals surface area contributed by atoms with Gasteiger partial charge in [-0.2, -0.15) is 0 Å². The number of aromatic hydroxyl groups is 2. The molecule has 0 spiro atoms. The first kappa shape index (κ1) is 79.4. The van der Waals surface area contributed by atoms with E-state index < -0.39 is 11.9 Å². The van der Waals surface area contributed by atoms with Gasteiger partial charge in [-0.05, 0) is 216 Å². The number of pyridine rings is 2. The Bertz CT molecular complexity index is 6880. The Morgan fingerprint density at radius 1 is 0.512 bits per heavy atom. The number of carboxylic acids is 2. The number of nitrogen functional groups attached to an aromatic ring is 2. The third-order valence-corrected chi connectivity index (χ3v) is 23.5. The second-order valence-electron chi connectivity index (χ2n) is 29.1. The van der Waals surface area contributed by atoms with E-state index in [1.807, 2.05) is 105 Å². The average molecular weight is 1700 g/mol. The fraction of sp³-hybridized carbons (Fsp3) is 0.169. The lowest BCUT2D eigenvalue weighted by Crippen LogP contribution is -2.40. The van der Waals surface area contributed by atoms with Crippen molar-refractivity contribution in [1.29, 1.82) is 0 Å². The molecule has 18 rings (SSSR count). The van der Waals surface area contributed by atoms with Crippen molar-refractivity contribution < 1.29 is 66.6 Å². The predicted octanol–water partition coefficient (Wildman–Crippen LogP) is 18.2. The van der Waals surface area contributed by atoms with Crippen LogP contribution < -0.4 is 51.9 Å². The fourth-order valence-corrected chi connectivity index (χ4v) is 18.0. The van der Waals surface area contributed by atoms with E-state index in [0.29, 0.717) is 183 Å². The number of imidazole rings is 2. The van der Waals surface area contributed by atoms with Crippen molar-refractivity contribution in [2.75, 3.05) is 48.8 Å². The Hall–Kier alpha value is -14.1. The minimum absolute atomic E-state index is 0.00551. The number of nitrogens with two attached hydrogens (primary N) is 2. The van der Waals surface area contributed by atoms with E-state index in [2.05, 4.69) is 29.7 Å². The minimum Gasteiger partial charge on any atom is -0.508 e. The Labute approximate surface area is 707 Å². The number of furan rings is 2. The summed E-state index contributed by atoms with van der Waals surface area (Å²) in [6, 6.07) is 47.0. The molecule has 4 aliphatic heterocycles. The number of thiocarbonyl (C=S) groups is 2. The van der Waals surface area contributed by atoms with Crippen LogP contribution in [0.3, 0.4) is 0 Å². The molecule has 0 amide bonds. The number of hydrogen-bond donors (Lipinski definition) is 8. The first-order chi connectivity index (χ1) is 58.4. The van der Waals surface area contributed by atoms with Gasteiger partial charge in [-0.3, -0.25) is 9.59 Å². The van der Waals surface area contributed by atoms with Crippen LogP contribution in [0.4, 0.5) is 23.0 Å². The van der Waals surface area contributed by atoms with E-state index in [1.165, 1.54) is 72.1 Å². The number of carbonyl (C=O) groups is 2. The summed E-state index contributed by atoms with van der Waals surface area (Å²) in [7, 11) is 0. The summed E-state index contributed by atoms with van der Waals surface area (Å²) in [5, 5.41) is 51.4. The summed E-state index contributed by atoms with van der Waals surface area (Å²) < 4.78 is 50.9. The van der Waals surface area contributed by atoms with Crippen LogP contribution in [0, 0.1) is 6.92 Å². The van der Waals surface area contributed by atoms with Crippen LogP contribution in [0.25, 0.3) is 112 Å². The molecule has 0 saturated heterocycles. The van der Waals surface area contributed by atoms with E-state index in [4.69, 9.17) is 82.5 Å². The number of benzene rings is 8. The van der Waals surface area contributed by atoms with Crippen LogP contribution in [-0.2, 0) is 13.1 Å². The van der Waals surface area contributed by atoms with Gasteiger partial charge in [0.05, 0.1) is 28.4 Å². The summed E-state index contributed by atoms with van der Waals surface area (Å²) in [6.07, 6.45) is 6.28. The number of nitrogens with one attached hydrogen (secondary N) is 2. The molecule has 6 aromatic heterocycles. The summed E-state index contributed by atoms with van der Waals surface area (Å²) >= 11 is 14.8. The van der Waals surface area contributed by atoms with Crippen LogP contribution >= 0.6 is 48.0 Å². The number of rotatable bonds is 22. The first-order valence-corrected chi connectivity index (χ1v) is 40.7. The SMILES string of the molecule is CC(C)N(CCCn1c(Sc2cc3c(cc2-c2ccco2)OCO3)nc2c(N)nccc21)C(=S)Nc1ccc(-c2c3ccc(=O)cc-3oc3cc(O)ccc23)c(C(=O)O)c1.Cc1ccc(-c2cc3c(cc2Sc2nc4c(N)nccc4n2CCCN(C(=S)Nc2ccc(-c4c5ccc(=O)cc-5oc5cc(O)ccc45)c(C(=O)O)c2)C(C)C)OCO3)o1. The number of aromatic nitrogens is 6. The number of fused-ring (bicyclic) bond motifs is 8. The highest BCUT2D eigenvalue weighted by Crippen LogP contribution is 2.50. The van der Waals surface area contributed by atoms with Crippen molar-refractivity contribution in [2.24, 2.45) is 0 Å². The van der Waals surface area contributed by atoms with Gasteiger partial charge in [-0.25, -0.2) is 29.5 Å². The number of nitrogens with zero attached hydrogens (tertiary/aromatic N) is 8. The molecule has 28 nitrogen and oxygen atoms in total. The van der Waals surface area contributed by atoms with E-state index in [1.54, 1.807) is 79.3 Å². The molecule has 32 heteroatoms. The molecular weight excluding hydrogens is 1620 g/mol. The molecule has 0 atom stereocenters. The number of phenolic OH excluding ortho intramolecular Hbond substituents is 2. The van der Waals surface area contributed by atoms with Crippen molar-refractivity contribution in [3.63, 3.8) is 0 Å². The zero-order chi connectivity index (χ0) is 84.2. The van der Waals surface area contributed by atoms with Crippen molar-refractivity contribution in [3.8, 4) is 102 Å². The van der Waals surface area contributed by atoms with E-state index in [0.717, 1.165) is 37.7 Å². The van der Waals surface area contributed by atoms with Crippen molar-refractivity contribution in [1.82, 2.24) is 38.9 Å². The van der Waals surface area contributed by atoms with Crippen molar-refractivity contribution in [2.45, 2.75) is 92.7 Å². The second kappa shape index (κ2) is 33.0. The maximum atomic E-state index is 12.9. The van der Waals surface area contributed by atoms with Crippen molar-refractivity contribution >= 4 is 137 Å². The molecule has 0 bridgehead atoms. The maximum Gasteiger partial charge on any atom is 0.336 e. The highest BCUT2D eigenvalue weighted by molar-refractivity contribution is 7.99. The highest BCUT2D eigenvalue weighted by Gasteiger charge is 2.30. The van der Waals surface area contributed by atoms with Gasteiger partial charge in [0, 0.05) is 140 Å². The summed E-state index contributed by atoms with van der Waals surface area (Å²) in [5.41, 5.74) is 21.3. The van der Waals surface area contributed by atoms with Gasteiger partial charge in [-0.15, -0.1) is 0 Å². The summed E-state index contributed by atoms with van der Waals surface area (Å²) in [4.78, 5) is 74.6. The third kappa shape index (κ3) is 15.9. The molecule has 610 valence electrons. The second-order valence-corrected chi connectivity index (χ2v) is 31.9.